The Bertz CT molecular complexity index is 956. The molecule has 1 unspecified atom stereocenters. The van der Waals surface area contributed by atoms with Gasteiger partial charge in [0.25, 0.3) is 0 Å². The van der Waals surface area contributed by atoms with E-state index >= 15 is 0 Å². The van der Waals surface area contributed by atoms with Crippen LogP contribution in [0.15, 0.2) is 18.2 Å². The van der Waals surface area contributed by atoms with E-state index in [0.29, 0.717) is 0 Å². The molecule has 2 aliphatic rings. The number of nitrogens with zero attached hydrogens (tertiary/aromatic N) is 3. The first-order valence-electron chi connectivity index (χ1n) is 11.2. The van der Waals surface area contributed by atoms with E-state index in [2.05, 4.69) is 16.3 Å². The number of amides is 2. The molecular formula is C24H32N4O2S. The zero-order chi connectivity index (χ0) is 22.1. The van der Waals surface area contributed by atoms with Crippen molar-refractivity contribution in [2.45, 2.75) is 47.0 Å². The van der Waals surface area contributed by atoms with Crippen LogP contribution < -0.4 is 10.2 Å². The lowest BCUT2D eigenvalue weighted by molar-refractivity contribution is -0.134. The number of anilines is 2. The first-order valence-corrected chi connectivity index (χ1v) is 12.0. The average molecular weight is 441 g/mol. The van der Waals surface area contributed by atoms with Gasteiger partial charge >= 0.3 is 0 Å². The second-order valence-corrected chi connectivity index (χ2v) is 10.2. The van der Waals surface area contributed by atoms with Crippen molar-refractivity contribution in [2.24, 2.45) is 11.8 Å². The molecule has 4 rings (SSSR count). The van der Waals surface area contributed by atoms with Gasteiger partial charge in [-0.05, 0) is 56.4 Å². The van der Waals surface area contributed by atoms with Crippen LogP contribution in [0.5, 0.6) is 0 Å². The molecule has 31 heavy (non-hydrogen) atoms. The number of thiazole rings is 1. The molecule has 1 aliphatic carbocycles. The molecule has 2 heterocycles. The summed E-state index contributed by atoms with van der Waals surface area (Å²) >= 11 is 1.72. The minimum Gasteiger partial charge on any atom is -0.345 e. The van der Waals surface area contributed by atoms with Gasteiger partial charge in [-0.2, -0.15) is 0 Å². The molecule has 0 spiro atoms. The molecule has 1 aromatic carbocycles. The van der Waals surface area contributed by atoms with Crippen LogP contribution in [-0.2, 0) is 22.4 Å². The van der Waals surface area contributed by atoms with Gasteiger partial charge in [-0.25, -0.2) is 4.98 Å². The van der Waals surface area contributed by atoms with Crippen molar-refractivity contribution >= 4 is 34.0 Å². The van der Waals surface area contributed by atoms with Gasteiger partial charge in [-0.15, -0.1) is 11.3 Å². The van der Waals surface area contributed by atoms with Gasteiger partial charge < -0.3 is 15.1 Å². The second-order valence-electron chi connectivity index (χ2n) is 9.14. The fourth-order valence-electron chi connectivity index (χ4n) is 4.49. The molecule has 1 atom stereocenters. The molecule has 0 radical (unpaired) electrons. The van der Waals surface area contributed by atoms with Crippen molar-refractivity contribution in [1.82, 2.24) is 9.88 Å². The van der Waals surface area contributed by atoms with Crippen LogP contribution in [0.2, 0.25) is 0 Å². The number of carbonyl (C=O) groups is 2. The van der Waals surface area contributed by atoms with Crippen LogP contribution in [0.3, 0.4) is 0 Å². The molecule has 2 aromatic rings. The minimum absolute atomic E-state index is 0.0119. The van der Waals surface area contributed by atoms with Gasteiger partial charge in [-0.3, -0.25) is 9.59 Å². The zero-order valence-electron chi connectivity index (χ0n) is 18.9. The van der Waals surface area contributed by atoms with Crippen LogP contribution in [0, 0.1) is 25.7 Å². The summed E-state index contributed by atoms with van der Waals surface area (Å²) in [5.74, 6) is 0.370. The molecule has 1 aromatic heterocycles. The van der Waals surface area contributed by atoms with Crippen molar-refractivity contribution < 1.29 is 9.59 Å². The van der Waals surface area contributed by atoms with E-state index in [1.807, 2.05) is 44.7 Å². The highest BCUT2D eigenvalue weighted by molar-refractivity contribution is 7.15. The van der Waals surface area contributed by atoms with Crippen molar-refractivity contribution in [3.63, 3.8) is 0 Å². The minimum atomic E-state index is -0.0119. The van der Waals surface area contributed by atoms with Crippen LogP contribution in [0.25, 0.3) is 0 Å². The van der Waals surface area contributed by atoms with Crippen molar-refractivity contribution in [2.75, 3.05) is 36.4 Å². The number of aryl methyl sites for hydroxylation is 3. The molecular weight excluding hydrogens is 408 g/mol. The highest BCUT2D eigenvalue weighted by atomic mass is 32.1. The Labute approximate surface area is 188 Å². The number of rotatable bonds is 4. The molecule has 1 fully saturated rings. The van der Waals surface area contributed by atoms with Gasteiger partial charge in [0.05, 0.1) is 5.69 Å². The van der Waals surface area contributed by atoms with Gasteiger partial charge in [0.2, 0.25) is 11.8 Å². The molecule has 0 bridgehead atoms. The molecule has 7 heteroatoms. The number of hydrogen-bond acceptors (Lipinski definition) is 5. The summed E-state index contributed by atoms with van der Waals surface area (Å²) in [5, 5.41) is 4.16. The number of benzene rings is 1. The maximum atomic E-state index is 12.9. The Morgan fingerprint density at radius 2 is 1.77 bits per heavy atom. The summed E-state index contributed by atoms with van der Waals surface area (Å²) in [7, 11) is 0. The predicted octanol–water partition coefficient (Wildman–Crippen LogP) is 3.81. The largest absolute Gasteiger partial charge is 0.345 e. The van der Waals surface area contributed by atoms with Gasteiger partial charge in [-0.1, -0.05) is 19.9 Å². The van der Waals surface area contributed by atoms with Crippen LogP contribution >= 0.6 is 11.3 Å². The van der Waals surface area contributed by atoms with E-state index in [-0.39, 0.29) is 23.7 Å². The smallest absolute Gasteiger partial charge is 0.227 e. The van der Waals surface area contributed by atoms with Gasteiger partial charge in [0, 0.05) is 48.6 Å². The van der Waals surface area contributed by atoms with Crippen LogP contribution in [-0.4, -0.2) is 47.9 Å². The lowest BCUT2D eigenvalue weighted by Gasteiger charge is -2.35. The van der Waals surface area contributed by atoms with Crippen LogP contribution in [0.4, 0.5) is 10.8 Å². The molecule has 6 nitrogen and oxygen atoms in total. The normalized spacial score (nSPS) is 18.8. The molecule has 1 saturated heterocycles. The number of nitrogens with one attached hydrogen (secondary N) is 1. The standard InChI is InChI=1S/C24H32N4O2S/c1-15(2)23(30)27-7-9-28(10-8-27)24-26-20-6-5-18(14-21(20)31-24)22(29)25-19-12-16(3)11-17(4)13-19/h11-13,15,18H,5-10,14H2,1-4H3,(H,25,29). The fourth-order valence-corrected chi connectivity index (χ4v) is 5.73. The SMILES string of the molecule is Cc1cc(C)cc(NC(=O)C2CCc3nc(N4CCN(C(=O)C(C)C)CC4)sc3C2)c1. The summed E-state index contributed by atoms with van der Waals surface area (Å²) < 4.78 is 0. The van der Waals surface area contributed by atoms with E-state index < -0.39 is 0 Å². The second kappa shape index (κ2) is 8.99. The van der Waals surface area contributed by atoms with Crippen molar-refractivity contribution in [1.29, 1.82) is 0 Å². The summed E-state index contributed by atoms with van der Waals surface area (Å²) in [5.41, 5.74) is 4.34. The fraction of sp³-hybridized carbons (Fsp3) is 0.542. The Morgan fingerprint density at radius 1 is 1.10 bits per heavy atom. The first kappa shape index (κ1) is 21.8. The average Bonchev–Trinajstić information content (AvgIpc) is 3.16. The predicted molar refractivity (Wildman–Crippen MR) is 126 cm³/mol. The molecule has 1 aliphatic heterocycles. The van der Waals surface area contributed by atoms with Crippen molar-refractivity contribution in [3.05, 3.63) is 39.9 Å². The van der Waals surface area contributed by atoms with Gasteiger partial charge in [0.1, 0.15) is 0 Å². The summed E-state index contributed by atoms with van der Waals surface area (Å²) in [4.78, 5) is 35.5. The molecule has 0 saturated carbocycles. The van der Waals surface area contributed by atoms with E-state index in [4.69, 9.17) is 4.98 Å². The summed E-state index contributed by atoms with van der Waals surface area (Å²) in [6.07, 6.45) is 2.45. The Hall–Kier alpha value is -2.41. The Kier molecular flexibility index (Phi) is 6.32. The van der Waals surface area contributed by atoms with E-state index in [9.17, 15) is 9.59 Å². The third-order valence-corrected chi connectivity index (χ3v) is 7.32. The number of aromatic nitrogens is 1. The topological polar surface area (TPSA) is 65.5 Å². The van der Waals surface area contributed by atoms with E-state index in [0.717, 1.165) is 73.1 Å². The third-order valence-electron chi connectivity index (χ3n) is 6.14. The number of hydrogen-bond donors (Lipinski definition) is 1. The number of fused-ring (bicyclic) bond motifs is 1. The molecule has 1 N–H and O–H groups in total. The van der Waals surface area contributed by atoms with Crippen molar-refractivity contribution in [3.8, 4) is 0 Å². The van der Waals surface area contributed by atoms with Crippen LogP contribution in [0.1, 0.15) is 42.0 Å². The monoisotopic (exact) mass is 440 g/mol. The summed E-state index contributed by atoms with van der Waals surface area (Å²) in [6, 6.07) is 6.15. The van der Waals surface area contributed by atoms with E-state index in [1.54, 1.807) is 11.3 Å². The highest BCUT2D eigenvalue weighted by Gasteiger charge is 2.30. The molecule has 2 amide bonds. The Balaban J connectivity index is 1.37. The zero-order valence-corrected chi connectivity index (χ0v) is 19.7. The first-order chi connectivity index (χ1) is 14.8. The maximum absolute atomic E-state index is 12.9. The maximum Gasteiger partial charge on any atom is 0.227 e. The lowest BCUT2D eigenvalue weighted by Crippen LogP contribution is -2.49. The Morgan fingerprint density at radius 3 is 2.42 bits per heavy atom. The van der Waals surface area contributed by atoms with Gasteiger partial charge in [0.15, 0.2) is 5.13 Å². The third kappa shape index (κ3) is 4.92. The number of carbonyl (C=O) groups excluding carboxylic acids is 2. The quantitative estimate of drug-likeness (QED) is 0.785. The van der Waals surface area contributed by atoms with E-state index in [1.165, 1.54) is 4.88 Å². The number of piperazine rings is 1. The lowest BCUT2D eigenvalue weighted by atomic mass is 9.90. The molecule has 166 valence electrons. The highest BCUT2D eigenvalue weighted by Crippen LogP contribution is 2.35. The summed E-state index contributed by atoms with van der Waals surface area (Å²) in [6.45, 7) is 11.2.